The van der Waals surface area contributed by atoms with Gasteiger partial charge in [-0.25, -0.2) is 8.78 Å². The van der Waals surface area contributed by atoms with Crippen molar-refractivity contribution in [3.8, 4) is 11.5 Å². The molecule has 250 valence electrons. The Bertz CT molecular complexity index is 1660. The minimum Gasteiger partial charge on any atom is -0.454 e. The molecule has 0 spiro atoms. The van der Waals surface area contributed by atoms with Gasteiger partial charge in [0.25, 0.3) is 5.91 Å². The molecule has 3 N–H and O–H groups in total. The maximum Gasteiger partial charge on any atom is 0.345 e. The van der Waals surface area contributed by atoms with Gasteiger partial charge in [0.05, 0.1) is 24.4 Å². The molecular weight excluding hydrogens is 618 g/mol. The summed E-state index contributed by atoms with van der Waals surface area (Å²) in [5, 5.41) is 6.36. The largest absolute Gasteiger partial charge is 0.454 e. The quantitative estimate of drug-likeness (QED) is 0.101. The molecule has 3 heterocycles. The third-order valence-corrected chi connectivity index (χ3v) is 7.05. The number of amides is 2. The summed E-state index contributed by atoms with van der Waals surface area (Å²) >= 11 is 0. The second-order valence-electron chi connectivity index (χ2n) is 10.4. The number of methoxy groups -OCH3 is 1. The number of likely N-dealkylation sites (tertiary alicyclic amines) is 1. The molecule has 2 aromatic carbocycles. The fourth-order valence-electron chi connectivity index (χ4n) is 4.70. The van der Waals surface area contributed by atoms with Gasteiger partial charge in [-0.05, 0) is 74.7 Å². The molecule has 5 rings (SSSR count). The van der Waals surface area contributed by atoms with E-state index in [1.807, 2.05) is 12.1 Å². The second kappa shape index (κ2) is 18.1. The lowest BCUT2D eigenvalue weighted by Gasteiger charge is -2.25. The van der Waals surface area contributed by atoms with Crippen molar-refractivity contribution in [3.05, 3.63) is 107 Å². The number of benzene rings is 2. The van der Waals surface area contributed by atoms with E-state index in [1.165, 1.54) is 24.3 Å². The molecule has 1 aliphatic rings. The van der Waals surface area contributed by atoms with Crippen molar-refractivity contribution in [1.29, 1.82) is 0 Å². The van der Waals surface area contributed by atoms with Gasteiger partial charge < -0.3 is 30.0 Å². The van der Waals surface area contributed by atoms with Crippen LogP contribution in [0.4, 0.5) is 17.6 Å². The zero-order valence-electron chi connectivity index (χ0n) is 26.3. The Morgan fingerprint density at radius 3 is 2.57 bits per heavy atom. The molecule has 0 aliphatic carbocycles. The highest BCUT2D eigenvalue weighted by atomic mass is 19.3. The number of carbonyl (C=O) groups excluding carboxylic acids is 2. The standard InChI is InChI=1S/C23H24F2N2O2.C9H9N3O.C2H4F2O/c1-4-17(27-11-5-6-16(27)3)14-26-23(28)19-13-18(8-9-20(19)24)29-22-10-7-15(2)12-21(22)25;13-6-11-5-8-3-7-4-10-2-1-9(7)12-8;1-5-2(3)4/h7-10,12-13,16H,1,5-6,11,14H2,2-3H3,(H,26,28);1-4,6,12H,5H2,(H,11,13);2H,1H3. The smallest absolute Gasteiger partial charge is 0.345 e. The van der Waals surface area contributed by atoms with E-state index < -0.39 is 24.2 Å². The molecule has 0 bridgehead atoms. The first-order valence-electron chi connectivity index (χ1n) is 14.6. The Morgan fingerprint density at radius 1 is 1.19 bits per heavy atom. The highest BCUT2D eigenvalue weighted by molar-refractivity contribution is 5.95. The van der Waals surface area contributed by atoms with Gasteiger partial charge in [0, 0.05) is 48.7 Å². The Kier molecular flexibility index (Phi) is 14.0. The van der Waals surface area contributed by atoms with Crippen molar-refractivity contribution in [1.82, 2.24) is 25.5 Å². The summed E-state index contributed by atoms with van der Waals surface area (Å²) in [7, 11) is 0.949. The summed E-state index contributed by atoms with van der Waals surface area (Å²) in [5.74, 6) is -1.61. The summed E-state index contributed by atoms with van der Waals surface area (Å²) in [6, 6.07) is 12.5. The molecule has 2 amide bonds. The number of alkyl halides is 2. The maximum atomic E-state index is 14.2. The predicted molar refractivity (Wildman–Crippen MR) is 170 cm³/mol. The lowest BCUT2D eigenvalue weighted by molar-refractivity contribution is -0.109. The van der Waals surface area contributed by atoms with Crippen LogP contribution < -0.4 is 15.4 Å². The number of rotatable bonds is 10. The van der Waals surface area contributed by atoms with E-state index in [-0.39, 0.29) is 23.6 Å². The summed E-state index contributed by atoms with van der Waals surface area (Å²) < 4.78 is 58.2. The van der Waals surface area contributed by atoms with Crippen LogP contribution in [0, 0.1) is 18.6 Å². The summed E-state index contributed by atoms with van der Waals surface area (Å²) in [6.07, 6.45) is 6.35. The Labute approximate surface area is 270 Å². The lowest BCUT2D eigenvalue weighted by atomic mass is 10.1. The molecule has 1 unspecified atom stereocenters. The summed E-state index contributed by atoms with van der Waals surface area (Å²) in [5.41, 5.74) is 6.25. The average Bonchev–Trinajstić information content (AvgIpc) is 3.68. The third-order valence-electron chi connectivity index (χ3n) is 7.05. The van der Waals surface area contributed by atoms with Crippen molar-refractivity contribution in [2.75, 3.05) is 20.2 Å². The number of ether oxygens (including phenoxy) is 2. The molecule has 2 aromatic heterocycles. The number of hydrogen-bond acceptors (Lipinski definition) is 6. The number of aromatic amines is 1. The van der Waals surface area contributed by atoms with E-state index in [4.69, 9.17) is 4.74 Å². The molecule has 4 aromatic rings. The molecule has 47 heavy (non-hydrogen) atoms. The van der Waals surface area contributed by atoms with Crippen molar-refractivity contribution in [2.45, 2.75) is 45.9 Å². The van der Waals surface area contributed by atoms with Gasteiger partial charge in [-0.3, -0.25) is 14.6 Å². The van der Waals surface area contributed by atoms with Gasteiger partial charge in [0.1, 0.15) is 11.6 Å². The molecule has 1 aliphatic heterocycles. The van der Waals surface area contributed by atoms with E-state index in [0.29, 0.717) is 19.0 Å². The fourth-order valence-corrected chi connectivity index (χ4v) is 4.70. The van der Waals surface area contributed by atoms with Crippen molar-refractivity contribution < 1.29 is 36.6 Å². The number of H-pyrrole nitrogens is 1. The van der Waals surface area contributed by atoms with Crippen molar-refractivity contribution in [2.24, 2.45) is 0 Å². The van der Waals surface area contributed by atoms with Crippen LogP contribution in [0.5, 0.6) is 11.5 Å². The van der Waals surface area contributed by atoms with E-state index >= 15 is 0 Å². The average molecular weight is 656 g/mol. The van der Waals surface area contributed by atoms with Crippen LogP contribution in [-0.4, -0.2) is 60.0 Å². The zero-order chi connectivity index (χ0) is 34.3. The number of nitrogens with one attached hydrogen (secondary N) is 3. The number of aromatic nitrogens is 2. The number of nitrogens with zero attached hydrogens (tertiary/aromatic N) is 2. The van der Waals surface area contributed by atoms with Crippen LogP contribution in [0.3, 0.4) is 0 Å². The highest BCUT2D eigenvalue weighted by Gasteiger charge is 2.23. The predicted octanol–water partition coefficient (Wildman–Crippen LogP) is 6.61. The number of hydrogen-bond donors (Lipinski definition) is 3. The molecule has 9 nitrogen and oxygen atoms in total. The molecule has 1 saturated heterocycles. The number of halogens is 4. The molecule has 13 heteroatoms. The van der Waals surface area contributed by atoms with E-state index in [9.17, 15) is 27.2 Å². The Balaban J connectivity index is 0.000000273. The van der Waals surface area contributed by atoms with Crippen molar-refractivity contribution >= 4 is 23.2 Å². The number of aryl methyl sites for hydroxylation is 1. The monoisotopic (exact) mass is 655 g/mol. The normalized spacial score (nSPS) is 13.5. The van der Waals surface area contributed by atoms with Crippen LogP contribution in [0.25, 0.3) is 10.9 Å². The lowest BCUT2D eigenvalue weighted by Crippen LogP contribution is -2.34. The van der Waals surface area contributed by atoms with Gasteiger partial charge >= 0.3 is 6.61 Å². The van der Waals surface area contributed by atoms with Crippen LogP contribution in [0.1, 0.15) is 41.4 Å². The Hall–Kier alpha value is -5.13. The number of carbonyl (C=O) groups is 2. The van der Waals surface area contributed by atoms with E-state index in [0.717, 1.165) is 60.4 Å². The molecular formula is C34H37F4N5O4. The summed E-state index contributed by atoms with van der Waals surface area (Å²) in [6.45, 7) is 6.57. The van der Waals surface area contributed by atoms with Gasteiger partial charge in [-0.15, -0.1) is 5.73 Å². The topological polar surface area (TPSA) is 109 Å². The molecule has 1 atom stereocenters. The van der Waals surface area contributed by atoms with Crippen LogP contribution >= 0.6 is 0 Å². The second-order valence-corrected chi connectivity index (χ2v) is 10.4. The SMILES string of the molecule is C=C=C(CNC(=O)c1cc(Oc2ccc(C)cc2F)ccc1F)N1CCCC1C.COC(F)F.O=CNCc1cc2cnccc2[nH]1. The van der Waals surface area contributed by atoms with Crippen LogP contribution in [-0.2, 0) is 16.1 Å². The first-order valence-corrected chi connectivity index (χ1v) is 14.6. The molecule has 0 saturated carbocycles. The van der Waals surface area contributed by atoms with Crippen LogP contribution in [0.15, 0.2) is 78.9 Å². The molecule has 1 fully saturated rings. The molecule has 0 radical (unpaired) electrons. The minimum absolute atomic E-state index is 0.00784. The Morgan fingerprint density at radius 2 is 1.96 bits per heavy atom. The minimum atomic E-state index is -2.62. The van der Waals surface area contributed by atoms with Gasteiger partial charge in [0.2, 0.25) is 6.41 Å². The zero-order valence-corrected chi connectivity index (χ0v) is 26.3. The van der Waals surface area contributed by atoms with Gasteiger partial charge in [0.15, 0.2) is 11.6 Å². The fraction of sp³-hybridized carbons (Fsp3) is 0.294. The number of fused-ring (bicyclic) bond motifs is 1. The first kappa shape index (κ1) is 36.3. The van der Waals surface area contributed by atoms with E-state index in [1.54, 1.807) is 25.4 Å². The van der Waals surface area contributed by atoms with E-state index in [2.05, 4.69) is 49.5 Å². The van der Waals surface area contributed by atoms with Gasteiger partial charge in [-0.1, -0.05) is 12.6 Å². The highest BCUT2D eigenvalue weighted by Crippen LogP contribution is 2.27. The third kappa shape index (κ3) is 11.0. The first-order chi connectivity index (χ1) is 22.6. The van der Waals surface area contributed by atoms with Gasteiger partial charge in [-0.2, -0.15) is 8.78 Å². The van der Waals surface area contributed by atoms with Crippen LogP contribution in [0.2, 0.25) is 0 Å². The van der Waals surface area contributed by atoms with Crippen molar-refractivity contribution in [3.63, 3.8) is 0 Å². The maximum absolute atomic E-state index is 14.2. The summed E-state index contributed by atoms with van der Waals surface area (Å²) in [4.78, 5) is 31.9. The number of pyridine rings is 1.